The Labute approximate surface area is 178 Å². The summed E-state index contributed by atoms with van der Waals surface area (Å²) >= 11 is 7.43. The second-order valence-electron chi connectivity index (χ2n) is 6.79. The van der Waals surface area contributed by atoms with Crippen molar-refractivity contribution in [3.05, 3.63) is 59.6 Å². The second kappa shape index (κ2) is 8.98. The quantitative estimate of drug-likeness (QED) is 0.576. The van der Waals surface area contributed by atoms with Gasteiger partial charge >= 0.3 is 0 Å². The Morgan fingerprint density at radius 1 is 1.17 bits per heavy atom. The van der Waals surface area contributed by atoms with Crippen molar-refractivity contribution >= 4 is 29.3 Å². The van der Waals surface area contributed by atoms with Crippen molar-refractivity contribution in [2.24, 2.45) is 0 Å². The first kappa shape index (κ1) is 19.9. The van der Waals surface area contributed by atoms with Crippen LogP contribution in [-0.2, 0) is 9.53 Å². The molecule has 8 heteroatoms. The SMILES string of the molecule is CC1CN(C(=O)CSc2nnc(-c3ccc(Cl)cc3)n2-c2ccccc2)CCO1. The Morgan fingerprint density at radius 2 is 1.93 bits per heavy atom. The van der Waals surface area contributed by atoms with Gasteiger partial charge in [0.15, 0.2) is 11.0 Å². The van der Waals surface area contributed by atoms with Gasteiger partial charge in [-0.1, -0.05) is 41.6 Å². The number of para-hydroxylation sites is 1. The van der Waals surface area contributed by atoms with Crippen LogP contribution in [0.2, 0.25) is 5.02 Å². The first-order chi connectivity index (χ1) is 14.1. The lowest BCUT2D eigenvalue weighted by Gasteiger charge is -2.31. The van der Waals surface area contributed by atoms with Gasteiger partial charge in [0.2, 0.25) is 5.91 Å². The maximum absolute atomic E-state index is 12.7. The van der Waals surface area contributed by atoms with Gasteiger partial charge in [0.25, 0.3) is 0 Å². The summed E-state index contributed by atoms with van der Waals surface area (Å²) in [7, 11) is 0. The van der Waals surface area contributed by atoms with Crippen molar-refractivity contribution in [2.75, 3.05) is 25.4 Å². The summed E-state index contributed by atoms with van der Waals surface area (Å²) in [6.07, 6.45) is 0.0715. The summed E-state index contributed by atoms with van der Waals surface area (Å²) in [6.45, 7) is 3.82. The van der Waals surface area contributed by atoms with Crippen LogP contribution < -0.4 is 0 Å². The fourth-order valence-corrected chi connectivity index (χ4v) is 4.20. The highest BCUT2D eigenvalue weighted by Gasteiger charge is 2.23. The van der Waals surface area contributed by atoms with E-state index in [0.29, 0.717) is 41.5 Å². The number of hydrogen-bond acceptors (Lipinski definition) is 5. The molecule has 29 heavy (non-hydrogen) atoms. The summed E-state index contributed by atoms with van der Waals surface area (Å²) in [6, 6.07) is 17.4. The summed E-state index contributed by atoms with van der Waals surface area (Å²) < 4.78 is 7.50. The van der Waals surface area contributed by atoms with Gasteiger partial charge in [-0.3, -0.25) is 9.36 Å². The fourth-order valence-electron chi connectivity index (χ4n) is 3.22. The molecule has 1 aromatic heterocycles. The van der Waals surface area contributed by atoms with E-state index in [-0.39, 0.29) is 12.0 Å². The molecule has 1 amide bonds. The minimum atomic E-state index is 0.0715. The number of thioether (sulfide) groups is 1. The smallest absolute Gasteiger partial charge is 0.233 e. The van der Waals surface area contributed by atoms with Gasteiger partial charge in [0, 0.05) is 29.4 Å². The third-order valence-electron chi connectivity index (χ3n) is 4.67. The molecule has 0 N–H and O–H groups in total. The van der Waals surface area contributed by atoms with Crippen LogP contribution in [0.5, 0.6) is 0 Å². The van der Waals surface area contributed by atoms with Crippen LogP contribution >= 0.6 is 23.4 Å². The maximum Gasteiger partial charge on any atom is 0.233 e. The number of carbonyl (C=O) groups is 1. The topological polar surface area (TPSA) is 60.2 Å². The van der Waals surface area contributed by atoms with Crippen molar-refractivity contribution in [1.29, 1.82) is 0 Å². The largest absolute Gasteiger partial charge is 0.375 e. The number of nitrogens with zero attached hydrogens (tertiary/aromatic N) is 4. The number of rotatable bonds is 5. The third-order valence-corrected chi connectivity index (χ3v) is 5.83. The third kappa shape index (κ3) is 4.63. The highest BCUT2D eigenvalue weighted by molar-refractivity contribution is 7.99. The Balaban J connectivity index is 1.60. The van der Waals surface area contributed by atoms with Crippen LogP contribution in [0.4, 0.5) is 0 Å². The minimum Gasteiger partial charge on any atom is -0.375 e. The average molecular weight is 429 g/mol. The summed E-state index contributed by atoms with van der Waals surface area (Å²) in [5, 5.41) is 10.1. The van der Waals surface area contributed by atoms with Gasteiger partial charge in [-0.2, -0.15) is 0 Å². The normalized spacial score (nSPS) is 16.8. The van der Waals surface area contributed by atoms with Crippen molar-refractivity contribution < 1.29 is 9.53 Å². The molecule has 0 saturated carbocycles. The fraction of sp³-hybridized carbons (Fsp3) is 0.286. The lowest BCUT2D eigenvalue weighted by atomic mass is 10.2. The molecule has 1 aliphatic rings. The molecule has 0 radical (unpaired) electrons. The van der Waals surface area contributed by atoms with Crippen LogP contribution in [0.1, 0.15) is 6.92 Å². The number of morpholine rings is 1. The molecule has 6 nitrogen and oxygen atoms in total. The summed E-state index contributed by atoms with van der Waals surface area (Å²) in [4.78, 5) is 14.5. The molecule has 1 atom stereocenters. The van der Waals surface area contributed by atoms with E-state index in [2.05, 4.69) is 10.2 Å². The Kier molecular flexibility index (Phi) is 6.18. The lowest BCUT2D eigenvalue weighted by Crippen LogP contribution is -2.45. The highest BCUT2D eigenvalue weighted by Crippen LogP contribution is 2.29. The number of amides is 1. The number of carbonyl (C=O) groups excluding carboxylic acids is 1. The van der Waals surface area contributed by atoms with Gasteiger partial charge in [-0.05, 0) is 43.3 Å². The number of ether oxygens (including phenoxy) is 1. The molecule has 1 unspecified atom stereocenters. The van der Waals surface area contributed by atoms with E-state index in [0.717, 1.165) is 11.3 Å². The molecular weight excluding hydrogens is 408 g/mol. The highest BCUT2D eigenvalue weighted by atomic mass is 35.5. The first-order valence-corrected chi connectivity index (χ1v) is 10.8. The van der Waals surface area contributed by atoms with Gasteiger partial charge in [0.1, 0.15) is 0 Å². The van der Waals surface area contributed by atoms with Crippen LogP contribution in [0.15, 0.2) is 59.8 Å². The zero-order chi connectivity index (χ0) is 20.2. The van der Waals surface area contributed by atoms with Gasteiger partial charge in [-0.15, -0.1) is 10.2 Å². The number of halogens is 1. The molecule has 0 aliphatic carbocycles. The molecule has 3 aromatic rings. The molecular formula is C21H21ClN4O2S. The maximum atomic E-state index is 12.7. The monoisotopic (exact) mass is 428 g/mol. The number of hydrogen-bond donors (Lipinski definition) is 0. The van der Waals surface area contributed by atoms with E-state index < -0.39 is 0 Å². The molecule has 2 heterocycles. The van der Waals surface area contributed by atoms with E-state index in [1.807, 2.05) is 71.0 Å². The Bertz CT molecular complexity index is 978. The lowest BCUT2D eigenvalue weighted by molar-refractivity contribution is -0.135. The Hall–Kier alpha value is -2.35. The van der Waals surface area contributed by atoms with Crippen molar-refractivity contribution in [1.82, 2.24) is 19.7 Å². The van der Waals surface area contributed by atoms with Crippen LogP contribution in [0.25, 0.3) is 17.1 Å². The zero-order valence-corrected chi connectivity index (χ0v) is 17.6. The Morgan fingerprint density at radius 3 is 2.66 bits per heavy atom. The first-order valence-electron chi connectivity index (χ1n) is 9.41. The molecule has 150 valence electrons. The second-order valence-corrected chi connectivity index (χ2v) is 8.17. The van der Waals surface area contributed by atoms with Gasteiger partial charge in [-0.25, -0.2) is 0 Å². The number of benzene rings is 2. The molecule has 2 aromatic carbocycles. The number of aromatic nitrogens is 3. The molecule has 4 rings (SSSR count). The average Bonchev–Trinajstić information content (AvgIpc) is 3.17. The van der Waals surface area contributed by atoms with E-state index in [4.69, 9.17) is 16.3 Å². The van der Waals surface area contributed by atoms with E-state index in [1.54, 1.807) is 0 Å². The van der Waals surface area contributed by atoms with Crippen LogP contribution in [0, 0.1) is 0 Å². The van der Waals surface area contributed by atoms with Crippen molar-refractivity contribution in [2.45, 2.75) is 18.2 Å². The summed E-state index contributed by atoms with van der Waals surface area (Å²) in [5.74, 6) is 1.10. The predicted octanol–water partition coefficient (Wildman–Crippen LogP) is 3.93. The van der Waals surface area contributed by atoms with E-state index in [1.165, 1.54) is 11.8 Å². The molecule has 1 fully saturated rings. The van der Waals surface area contributed by atoms with Crippen LogP contribution in [0.3, 0.4) is 0 Å². The van der Waals surface area contributed by atoms with E-state index >= 15 is 0 Å². The standard InChI is InChI=1S/C21H21ClN4O2S/c1-15-13-25(11-12-28-15)19(27)14-29-21-24-23-20(16-7-9-17(22)10-8-16)26(21)18-5-3-2-4-6-18/h2-10,15H,11-14H2,1H3. The van der Waals surface area contributed by atoms with Gasteiger partial charge in [0.05, 0.1) is 18.5 Å². The molecule has 0 spiro atoms. The summed E-state index contributed by atoms with van der Waals surface area (Å²) in [5.41, 5.74) is 1.85. The molecule has 1 aliphatic heterocycles. The molecule has 1 saturated heterocycles. The van der Waals surface area contributed by atoms with Gasteiger partial charge < -0.3 is 9.64 Å². The van der Waals surface area contributed by atoms with Crippen molar-refractivity contribution in [3.63, 3.8) is 0 Å². The van der Waals surface area contributed by atoms with E-state index in [9.17, 15) is 4.79 Å². The zero-order valence-electron chi connectivity index (χ0n) is 16.0. The minimum absolute atomic E-state index is 0.0715. The molecule has 0 bridgehead atoms. The van der Waals surface area contributed by atoms with Crippen molar-refractivity contribution in [3.8, 4) is 17.1 Å². The predicted molar refractivity (Wildman–Crippen MR) is 115 cm³/mol. The van der Waals surface area contributed by atoms with Crippen LogP contribution in [-0.4, -0.2) is 57.1 Å².